The molecule has 1 aromatic heterocycles. The van der Waals surface area contributed by atoms with E-state index >= 15 is 0 Å². The van der Waals surface area contributed by atoms with Crippen molar-refractivity contribution in [2.75, 3.05) is 29.6 Å². The van der Waals surface area contributed by atoms with Gasteiger partial charge in [0.1, 0.15) is 11.6 Å². The molecule has 190 valence electrons. The summed E-state index contributed by atoms with van der Waals surface area (Å²) in [4.78, 5) is 23.9. The second kappa shape index (κ2) is 10.6. The first-order valence-electron chi connectivity index (χ1n) is 11.9. The van der Waals surface area contributed by atoms with Gasteiger partial charge in [-0.3, -0.25) is 0 Å². The number of aromatic nitrogens is 2. The fourth-order valence-corrected chi connectivity index (χ4v) is 4.67. The van der Waals surface area contributed by atoms with E-state index in [-0.39, 0.29) is 23.9 Å². The van der Waals surface area contributed by atoms with E-state index in [1.165, 1.54) is 24.1 Å². The lowest BCUT2D eigenvalue weighted by molar-refractivity contribution is -0.274. The van der Waals surface area contributed by atoms with E-state index in [9.17, 15) is 18.0 Å². The maximum Gasteiger partial charge on any atom is 0.573 e. The Balaban J connectivity index is 1.25. The number of nitrogens with one attached hydrogen (secondary N) is 3. The standard InChI is InChI=1S/C24H31F3N6O2/c1-33(2)21-19-5-3-4-6-20(19)31-22(32-21)28-15-7-9-16(10-8-15)29-23(34)30-17-11-13-18(14-12-17)35-24(25,26)27/h11-16H,3-10H2,1-2H3,(H,28,31,32)(H2,29,30,34). The summed E-state index contributed by atoms with van der Waals surface area (Å²) in [6.45, 7) is 0. The van der Waals surface area contributed by atoms with Gasteiger partial charge in [0, 0.05) is 37.4 Å². The van der Waals surface area contributed by atoms with Gasteiger partial charge in [-0.25, -0.2) is 9.78 Å². The van der Waals surface area contributed by atoms with Crippen molar-refractivity contribution in [2.24, 2.45) is 0 Å². The number of alkyl halides is 3. The van der Waals surface area contributed by atoms with Crippen molar-refractivity contribution in [1.29, 1.82) is 0 Å². The zero-order valence-electron chi connectivity index (χ0n) is 19.9. The number of amides is 2. The largest absolute Gasteiger partial charge is 0.573 e. The topological polar surface area (TPSA) is 91.4 Å². The van der Waals surface area contributed by atoms with Gasteiger partial charge < -0.3 is 25.6 Å². The van der Waals surface area contributed by atoms with E-state index in [0.717, 1.165) is 68.6 Å². The van der Waals surface area contributed by atoms with Crippen LogP contribution in [0, 0.1) is 0 Å². The van der Waals surface area contributed by atoms with Gasteiger partial charge in [-0.05, 0) is 75.6 Å². The van der Waals surface area contributed by atoms with Crippen LogP contribution in [0.5, 0.6) is 5.75 Å². The average Bonchev–Trinajstić information content (AvgIpc) is 2.80. The number of ether oxygens (including phenoxy) is 1. The smallest absolute Gasteiger partial charge is 0.406 e. The molecule has 0 atom stereocenters. The number of nitrogens with zero attached hydrogens (tertiary/aromatic N) is 3. The third-order valence-corrected chi connectivity index (χ3v) is 6.33. The minimum absolute atomic E-state index is 0.0164. The molecule has 1 aromatic carbocycles. The molecule has 35 heavy (non-hydrogen) atoms. The lowest BCUT2D eigenvalue weighted by Gasteiger charge is -2.30. The molecule has 0 spiro atoms. The molecule has 0 radical (unpaired) electrons. The molecule has 1 fully saturated rings. The van der Waals surface area contributed by atoms with Crippen LogP contribution in [-0.2, 0) is 12.8 Å². The third kappa shape index (κ3) is 6.89. The predicted octanol–water partition coefficient (Wildman–Crippen LogP) is 4.86. The summed E-state index contributed by atoms with van der Waals surface area (Å²) >= 11 is 0. The van der Waals surface area contributed by atoms with Crippen LogP contribution in [0.4, 0.5) is 35.4 Å². The second-order valence-electron chi connectivity index (χ2n) is 9.26. The molecule has 2 aliphatic carbocycles. The van der Waals surface area contributed by atoms with Crippen LogP contribution in [0.15, 0.2) is 24.3 Å². The molecule has 0 bridgehead atoms. The maximum atomic E-state index is 12.3. The third-order valence-electron chi connectivity index (χ3n) is 6.33. The summed E-state index contributed by atoms with van der Waals surface area (Å²) in [7, 11) is 4.02. The molecule has 2 aliphatic rings. The van der Waals surface area contributed by atoms with E-state index in [2.05, 4.69) is 20.7 Å². The Hall–Kier alpha value is -3.24. The van der Waals surface area contributed by atoms with Crippen molar-refractivity contribution >= 4 is 23.5 Å². The summed E-state index contributed by atoms with van der Waals surface area (Å²) in [5.41, 5.74) is 2.78. The minimum atomic E-state index is -4.75. The van der Waals surface area contributed by atoms with Crippen LogP contribution in [-0.4, -0.2) is 48.5 Å². The average molecular weight is 493 g/mol. The maximum absolute atomic E-state index is 12.3. The predicted molar refractivity (Wildman–Crippen MR) is 128 cm³/mol. The Bertz CT molecular complexity index is 1020. The van der Waals surface area contributed by atoms with Crippen molar-refractivity contribution in [2.45, 2.75) is 69.8 Å². The molecule has 1 heterocycles. The van der Waals surface area contributed by atoms with Crippen LogP contribution in [0.1, 0.15) is 49.8 Å². The van der Waals surface area contributed by atoms with Gasteiger partial charge in [0.15, 0.2) is 0 Å². The number of aryl methyl sites for hydroxylation is 1. The number of hydrogen-bond donors (Lipinski definition) is 3. The first-order chi connectivity index (χ1) is 16.7. The van der Waals surface area contributed by atoms with Gasteiger partial charge in [-0.2, -0.15) is 4.98 Å². The Morgan fingerprint density at radius 3 is 2.31 bits per heavy atom. The molecule has 2 aromatic rings. The molecule has 3 N–H and O–H groups in total. The summed E-state index contributed by atoms with van der Waals surface area (Å²) in [5.74, 6) is 1.32. The van der Waals surface area contributed by atoms with Gasteiger partial charge in [-0.1, -0.05) is 0 Å². The minimum Gasteiger partial charge on any atom is -0.406 e. The molecule has 8 nitrogen and oxygen atoms in total. The molecular weight excluding hydrogens is 461 g/mol. The Kier molecular flexibility index (Phi) is 7.51. The zero-order chi connectivity index (χ0) is 25.0. The van der Waals surface area contributed by atoms with Crippen molar-refractivity contribution < 1.29 is 22.7 Å². The van der Waals surface area contributed by atoms with Gasteiger partial charge >= 0.3 is 12.4 Å². The van der Waals surface area contributed by atoms with Crippen LogP contribution in [0.2, 0.25) is 0 Å². The second-order valence-corrected chi connectivity index (χ2v) is 9.26. The van der Waals surface area contributed by atoms with Crippen LogP contribution >= 0.6 is 0 Å². The molecule has 11 heteroatoms. The number of carbonyl (C=O) groups excluding carboxylic acids is 1. The lowest BCUT2D eigenvalue weighted by atomic mass is 9.91. The molecule has 4 rings (SSSR count). The van der Waals surface area contributed by atoms with Gasteiger partial charge in [0.2, 0.25) is 5.95 Å². The molecule has 2 amide bonds. The molecular formula is C24H31F3N6O2. The number of anilines is 3. The van der Waals surface area contributed by atoms with E-state index in [1.54, 1.807) is 0 Å². The highest BCUT2D eigenvalue weighted by molar-refractivity contribution is 5.89. The number of rotatable bonds is 6. The summed E-state index contributed by atoms with van der Waals surface area (Å²) in [6.07, 6.45) is 2.92. The first kappa shape index (κ1) is 24.9. The monoisotopic (exact) mass is 492 g/mol. The number of carbonyl (C=O) groups is 1. The Labute approximate surface area is 202 Å². The SMILES string of the molecule is CN(C)c1nc(NC2CCC(NC(=O)Nc3ccc(OC(F)(F)F)cc3)CC2)nc2c1CCCC2. The summed E-state index contributed by atoms with van der Waals surface area (Å²) in [5, 5.41) is 9.08. The fourth-order valence-electron chi connectivity index (χ4n) is 4.67. The number of fused-ring (bicyclic) bond motifs is 1. The fraction of sp³-hybridized carbons (Fsp3) is 0.542. The summed E-state index contributed by atoms with van der Waals surface area (Å²) in [6, 6.07) is 4.90. The first-order valence-corrected chi connectivity index (χ1v) is 11.9. The van der Waals surface area contributed by atoms with Crippen molar-refractivity contribution in [3.63, 3.8) is 0 Å². The van der Waals surface area contributed by atoms with Crippen LogP contribution in [0.25, 0.3) is 0 Å². The number of hydrogen-bond acceptors (Lipinski definition) is 6. The zero-order valence-corrected chi connectivity index (χ0v) is 19.9. The highest BCUT2D eigenvalue weighted by Gasteiger charge is 2.31. The molecule has 0 unspecified atom stereocenters. The summed E-state index contributed by atoms with van der Waals surface area (Å²) < 4.78 is 40.6. The van der Waals surface area contributed by atoms with Crippen molar-refractivity contribution in [1.82, 2.24) is 15.3 Å². The number of benzene rings is 1. The van der Waals surface area contributed by atoms with Crippen molar-refractivity contribution in [3.8, 4) is 5.75 Å². The number of halogens is 3. The molecule has 0 aliphatic heterocycles. The highest BCUT2D eigenvalue weighted by atomic mass is 19.4. The highest BCUT2D eigenvalue weighted by Crippen LogP contribution is 2.29. The van der Waals surface area contributed by atoms with E-state index in [4.69, 9.17) is 9.97 Å². The quantitative estimate of drug-likeness (QED) is 0.533. The van der Waals surface area contributed by atoms with E-state index in [1.807, 2.05) is 19.0 Å². The van der Waals surface area contributed by atoms with Gasteiger partial charge in [0.25, 0.3) is 0 Å². The Morgan fingerprint density at radius 2 is 1.66 bits per heavy atom. The normalized spacial score (nSPS) is 19.9. The van der Waals surface area contributed by atoms with Crippen molar-refractivity contribution in [3.05, 3.63) is 35.5 Å². The van der Waals surface area contributed by atoms with Gasteiger partial charge in [-0.15, -0.1) is 13.2 Å². The van der Waals surface area contributed by atoms with E-state index < -0.39 is 6.36 Å². The molecule has 1 saturated carbocycles. The lowest BCUT2D eigenvalue weighted by Crippen LogP contribution is -2.42. The van der Waals surface area contributed by atoms with E-state index in [0.29, 0.717) is 11.6 Å². The molecule has 0 saturated heterocycles. The van der Waals surface area contributed by atoms with Crippen LogP contribution < -0.4 is 25.6 Å². The number of urea groups is 1. The van der Waals surface area contributed by atoms with Gasteiger partial charge in [0.05, 0.1) is 5.69 Å². The Morgan fingerprint density at radius 1 is 1.00 bits per heavy atom. The van der Waals surface area contributed by atoms with Crippen LogP contribution in [0.3, 0.4) is 0 Å².